The third-order valence-electron chi connectivity index (χ3n) is 3.60. The number of carbonyl (C=O) groups is 1. The summed E-state index contributed by atoms with van der Waals surface area (Å²) in [4.78, 5) is 18.8. The number of aryl methyl sites for hydroxylation is 1. The number of hydrogen-bond donors (Lipinski definition) is 0. The van der Waals surface area contributed by atoms with Gasteiger partial charge in [0.05, 0.1) is 12.2 Å². The Labute approximate surface area is 148 Å². The molecule has 130 valence electrons. The van der Waals surface area contributed by atoms with Crippen LogP contribution in [0.3, 0.4) is 0 Å². The Morgan fingerprint density at radius 3 is 2.83 bits per heavy atom. The van der Waals surface area contributed by atoms with Crippen LogP contribution in [0.4, 0.5) is 0 Å². The Morgan fingerprint density at radius 1 is 1.38 bits per heavy atom. The summed E-state index contributed by atoms with van der Waals surface area (Å²) in [5.74, 6) is 1.05. The SMILES string of the molecule is CCCN(Cc1csc(COc2cccc(C)c2)n1)C(=O)C(C)C. The molecule has 5 heteroatoms. The van der Waals surface area contributed by atoms with E-state index in [0.717, 1.165) is 29.4 Å². The maximum Gasteiger partial charge on any atom is 0.225 e. The van der Waals surface area contributed by atoms with E-state index in [9.17, 15) is 4.79 Å². The predicted octanol–water partition coefficient (Wildman–Crippen LogP) is 4.43. The highest BCUT2D eigenvalue weighted by molar-refractivity contribution is 7.09. The van der Waals surface area contributed by atoms with Crippen LogP contribution in [0.25, 0.3) is 0 Å². The number of ether oxygens (including phenoxy) is 1. The zero-order valence-corrected chi connectivity index (χ0v) is 15.7. The molecule has 0 fully saturated rings. The lowest BCUT2D eigenvalue weighted by Gasteiger charge is -2.23. The van der Waals surface area contributed by atoms with E-state index < -0.39 is 0 Å². The summed E-state index contributed by atoms with van der Waals surface area (Å²) in [7, 11) is 0. The molecule has 0 aliphatic carbocycles. The Morgan fingerprint density at radius 2 is 2.17 bits per heavy atom. The minimum Gasteiger partial charge on any atom is -0.486 e. The van der Waals surface area contributed by atoms with Gasteiger partial charge in [-0.2, -0.15) is 0 Å². The molecule has 1 amide bonds. The summed E-state index contributed by atoms with van der Waals surface area (Å²) in [6.45, 7) is 9.81. The zero-order valence-electron chi connectivity index (χ0n) is 14.9. The van der Waals surface area contributed by atoms with Gasteiger partial charge in [-0.3, -0.25) is 4.79 Å². The van der Waals surface area contributed by atoms with Crippen LogP contribution < -0.4 is 4.74 Å². The zero-order chi connectivity index (χ0) is 17.5. The number of aromatic nitrogens is 1. The van der Waals surface area contributed by atoms with E-state index in [1.54, 1.807) is 11.3 Å². The molecule has 0 saturated heterocycles. The number of benzene rings is 1. The van der Waals surface area contributed by atoms with Crippen molar-refractivity contribution in [1.82, 2.24) is 9.88 Å². The lowest BCUT2D eigenvalue weighted by Crippen LogP contribution is -2.34. The summed E-state index contributed by atoms with van der Waals surface area (Å²) in [6, 6.07) is 7.99. The molecule has 24 heavy (non-hydrogen) atoms. The van der Waals surface area contributed by atoms with E-state index in [0.29, 0.717) is 13.2 Å². The molecule has 4 nitrogen and oxygen atoms in total. The average molecular weight is 346 g/mol. The van der Waals surface area contributed by atoms with Crippen LogP contribution in [0.15, 0.2) is 29.6 Å². The van der Waals surface area contributed by atoms with Gasteiger partial charge in [0.1, 0.15) is 17.4 Å². The van der Waals surface area contributed by atoms with Gasteiger partial charge in [0.2, 0.25) is 5.91 Å². The quantitative estimate of drug-likeness (QED) is 0.710. The maximum absolute atomic E-state index is 12.3. The second-order valence-corrected chi connectivity index (χ2v) is 7.19. The molecule has 0 aliphatic rings. The van der Waals surface area contributed by atoms with Gasteiger partial charge in [-0.25, -0.2) is 4.98 Å². The Hall–Kier alpha value is -1.88. The van der Waals surface area contributed by atoms with Crippen LogP contribution in [0.2, 0.25) is 0 Å². The van der Waals surface area contributed by atoms with Gasteiger partial charge >= 0.3 is 0 Å². The molecule has 0 saturated carbocycles. The van der Waals surface area contributed by atoms with Crippen molar-refractivity contribution in [2.45, 2.75) is 47.3 Å². The van der Waals surface area contributed by atoms with Crippen molar-refractivity contribution in [3.05, 3.63) is 45.9 Å². The first-order chi connectivity index (χ1) is 11.5. The molecule has 2 aromatic rings. The lowest BCUT2D eigenvalue weighted by atomic mass is 10.2. The number of carbonyl (C=O) groups excluding carboxylic acids is 1. The molecule has 0 radical (unpaired) electrons. The Bertz CT molecular complexity index is 667. The van der Waals surface area contributed by atoms with Gasteiger partial charge in [-0.15, -0.1) is 11.3 Å². The smallest absolute Gasteiger partial charge is 0.225 e. The number of thiazole rings is 1. The molecule has 0 spiro atoms. The summed E-state index contributed by atoms with van der Waals surface area (Å²) in [6.07, 6.45) is 0.950. The standard InChI is InChI=1S/C19H26N2O2S/c1-5-9-21(19(22)14(2)3)11-16-13-24-18(20-16)12-23-17-8-6-7-15(4)10-17/h6-8,10,13-14H,5,9,11-12H2,1-4H3. The second-order valence-electron chi connectivity index (χ2n) is 6.25. The summed E-state index contributed by atoms with van der Waals surface area (Å²) in [5, 5.41) is 2.95. The molecule has 0 unspecified atom stereocenters. The van der Waals surface area contributed by atoms with E-state index in [2.05, 4.69) is 11.9 Å². The van der Waals surface area contributed by atoms with Crippen molar-refractivity contribution in [3.8, 4) is 5.75 Å². The van der Waals surface area contributed by atoms with E-state index in [1.807, 2.05) is 55.3 Å². The molecule has 0 aliphatic heterocycles. The van der Waals surface area contributed by atoms with Crippen LogP contribution in [0, 0.1) is 12.8 Å². The maximum atomic E-state index is 12.3. The number of nitrogens with zero attached hydrogens (tertiary/aromatic N) is 2. The van der Waals surface area contributed by atoms with Gasteiger partial charge in [-0.05, 0) is 31.0 Å². The van der Waals surface area contributed by atoms with Gasteiger partial charge in [0.15, 0.2) is 0 Å². The van der Waals surface area contributed by atoms with Crippen LogP contribution in [-0.4, -0.2) is 22.3 Å². The van der Waals surface area contributed by atoms with Crippen LogP contribution in [0.1, 0.15) is 43.5 Å². The topological polar surface area (TPSA) is 42.4 Å². The van der Waals surface area contributed by atoms with Crippen LogP contribution >= 0.6 is 11.3 Å². The summed E-state index contributed by atoms with van der Waals surface area (Å²) >= 11 is 1.58. The molecule has 2 rings (SSSR count). The highest BCUT2D eigenvalue weighted by atomic mass is 32.1. The highest BCUT2D eigenvalue weighted by Crippen LogP contribution is 2.18. The normalized spacial score (nSPS) is 10.9. The largest absolute Gasteiger partial charge is 0.486 e. The summed E-state index contributed by atoms with van der Waals surface area (Å²) < 4.78 is 5.79. The Kier molecular flexibility index (Phi) is 6.79. The van der Waals surface area contributed by atoms with Crippen LogP contribution in [0.5, 0.6) is 5.75 Å². The lowest BCUT2D eigenvalue weighted by molar-refractivity contribution is -0.135. The van der Waals surface area contributed by atoms with Gasteiger partial charge < -0.3 is 9.64 Å². The third kappa shape index (κ3) is 5.34. The van der Waals surface area contributed by atoms with Gasteiger partial charge in [0.25, 0.3) is 0 Å². The molecule has 1 heterocycles. The molecule has 1 aromatic heterocycles. The molecule has 1 aromatic carbocycles. The number of rotatable bonds is 8. The van der Waals surface area contributed by atoms with Crippen molar-refractivity contribution >= 4 is 17.2 Å². The molecule has 0 bridgehead atoms. The second kappa shape index (κ2) is 8.83. The first-order valence-electron chi connectivity index (χ1n) is 8.41. The van der Waals surface area contributed by atoms with Gasteiger partial charge in [0, 0.05) is 17.8 Å². The van der Waals surface area contributed by atoms with Crippen molar-refractivity contribution in [2.75, 3.05) is 6.54 Å². The van der Waals surface area contributed by atoms with E-state index in [-0.39, 0.29) is 11.8 Å². The number of amides is 1. The third-order valence-corrected chi connectivity index (χ3v) is 4.47. The molecular weight excluding hydrogens is 320 g/mol. The van der Waals surface area contributed by atoms with E-state index >= 15 is 0 Å². The fraction of sp³-hybridized carbons (Fsp3) is 0.474. The molecular formula is C19H26N2O2S. The molecule has 0 N–H and O–H groups in total. The van der Waals surface area contributed by atoms with Gasteiger partial charge in [-0.1, -0.05) is 32.9 Å². The van der Waals surface area contributed by atoms with E-state index in [1.165, 1.54) is 5.56 Å². The summed E-state index contributed by atoms with van der Waals surface area (Å²) in [5.41, 5.74) is 2.11. The van der Waals surface area contributed by atoms with Crippen molar-refractivity contribution in [3.63, 3.8) is 0 Å². The van der Waals surface area contributed by atoms with Crippen molar-refractivity contribution in [2.24, 2.45) is 5.92 Å². The van der Waals surface area contributed by atoms with Crippen molar-refractivity contribution < 1.29 is 9.53 Å². The fourth-order valence-corrected chi connectivity index (χ4v) is 3.13. The van der Waals surface area contributed by atoms with Crippen LogP contribution in [-0.2, 0) is 17.9 Å². The average Bonchev–Trinajstić information content (AvgIpc) is 2.99. The monoisotopic (exact) mass is 346 g/mol. The van der Waals surface area contributed by atoms with E-state index in [4.69, 9.17) is 4.74 Å². The highest BCUT2D eigenvalue weighted by Gasteiger charge is 2.17. The minimum atomic E-state index is 0.0132. The first kappa shape index (κ1) is 18.5. The van der Waals surface area contributed by atoms with Crippen molar-refractivity contribution in [1.29, 1.82) is 0 Å². The predicted molar refractivity (Wildman–Crippen MR) is 98.2 cm³/mol. The molecule has 0 atom stereocenters. The minimum absolute atomic E-state index is 0.0132. The first-order valence-corrected chi connectivity index (χ1v) is 9.29. The number of hydrogen-bond acceptors (Lipinski definition) is 4. The Balaban J connectivity index is 1.95. The fourth-order valence-electron chi connectivity index (χ4n) is 2.44.